The second-order valence-corrected chi connectivity index (χ2v) is 12.4. The SMILES string of the molecule is C=C(Br)C(=O)OCCOCCNC(=O)c1ccc(C(=O)C(CSc2ccc(C)cc2)CSc2ccc(C)cc2)cc1. The lowest BCUT2D eigenvalue weighted by Crippen LogP contribution is -2.28. The Morgan fingerprint density at radius 2 is 1.29 bits per heavy atom. The van der Waals surface area contributed by atoms with E-state index in [1.54, 1.807) is 47.8 Å². The molecule has 3 aromatic carbocycles. The molecule has 0 spiro atoms. The van der Waals surface area contributed by atoms with Gasteiger partial charge in [0.2, 0.25) is 0 Å². The van der Waals surface area contributed by atoms with Crippen molar-refractivity contribution in [3.05, 3.63) is 106 Å². The van der Waals surface area contributed by atoms with E-state index in [1.807, 2.05) is 0 Å². The van der Waals surface area contributed by atoms with Crippen molar-refractivity contribution in [2.45, 2.75) is 23.6 Å². The smallest absolute Gasteiger partial charge is 0.344 e. The number of Topliss-reactive ketones (excluding diaryl/α,β-unsaturated/α-hetero) is 1. The maximum absolute atomic E-state index is 13.6. The van der Waals surface area contributed by atoms with Gasteiger partial charge in [0.1, 0.15) is 6.61 Å². The zero-order chi connectivity index (χ0) is 29.6. The summed E-state index contributed by atoms with van der Waals surface area (Å²) in [6, 6.07) is 23.5. The molecule has 0 saturated heterocycles. The number of halogens is 1. The van der Waals surface area contributed by atoms with Crippen LogP contribution in [-0.4, -0.2) is 55.5 Å². The van der Waals surface area contributed by atoms with Gasteiger partial charge in [0, 0.05) is 44.9 Å². The maximum Gasteiger partial charge on any atom is 0.344 e. The minimum Gasteiger partial charge on any atom is -0.459 e. The van der Waals surface area contributed by atoms with Gasteiger partial charge < -0.3 is 14.8 Å². The fourth-order valence-electron chi connectivity index (χ4n) is 3.60. The largest absolute Gasteiger partial charge is 0.459 e. The number of ketones is 1. The fourth-order valence-corrected chi connectivity index (χ4v) is 5.84. The standard InChI is InChI=1S/C32H34BrNO5S2/c1-22-4-12-28(13-5-22)40-20-27(21-41-29-14-6-23(2)7-15-29)30(35)25-8-10-26(11-9-25)31(36)34-16-17-38-18-19-39-32(37)24(3)33/h4-15,27H,3,16-21H2,1-2H3,(H,34,36). The van der Waals surface area contributed by atoms with Crippen LogP contribution in [0.25, 0.3) is 0 Å². The van der Waals surface area contributed by atoms with Gasteiger partial charge in [-0.2, -0.15) is 0 Å². The zero-order valence-electron chi connectivity index (χ0n) is 23.2. The van der Waals surface area contributed by atoms with Gasteiger partial charge in [0.05, 0.1) is 17.7 Å². The van der Waals surface area contributed by atoms with Crippen LogP contribution in [0, 0.1) is 19.8 Å². The molecule has 0 atom stereocenters. The van der Waals surface area contributed by atoms with Gasteiger partial charge in [-0.1, -0.05) is 54.1 Å². The summed E-state index contributed by atoms with van der Waals surface area (Å²) in [5, 5.41) is 2.79. The van der Waals surface area contributed by atoms with Crippen LogP contribution in [0.15, 0.2) is 93.6 Å². The first kappa shape index (κ1) is 32.7. The van der Waals surface area contributed by atoms with Crippen molar-refractivity contribution in [3.63, 3.8) is 0 Å². The number of hydrogen-bond donors (Lipinski definition) is 1. The molecular weight excluding hydrogens is 622 g/mol. The van der Waals surface area contributed by atoms with Gasteiger partial charge in [-0.3, -0.25) is 9.59 Å². The third-order valence-corrected chi connectivity index (χ3v) is 8.63. The van der Waals surface area contributed by atoms with Gasteiger partial charge in [-0.25, -0.2) is 4.79 Å². The molecule has 9 heteroatoms. The number of ether oxygens (including phenoxy) is 2. The van der Waals surface area contributed by atoms with Gasteiger partial charge in [-0.05, 0) is 66.2 Å². The number of aryl methyl sites for hydroxylation is 2. The summed E-state index contributed by atoms with van der Waals surface area (Å²) in [5.41, 5.74) is 3.46. The number of benzene rings is 3. The van der Waals surface area contributed by atoms with E-state index in [1.165, 1.54) is 11.1 Å². The molecule has 0 aromatic heterocycles. The van der Waals surface area contributed by atoms with E-state index in [-0.39, 0.29) is 41.9 Å². The third kappa shape index (κ3) is 11.5. The number of amides is 1. The van der Waals surface area contributed by atoms with Crippen molar-refractivity contribution in [2.75, 3.05) is 37.9 Å². The number of thioether (sulfide) groups is 2. The van der Waals surface area contributed by atoms with Gasteiger partial charge in [0.15, 0.2) is 5.78 Å². The van der Waals surface area contributed by atoms with Crippen molar-refractivity contribution < 1.29 is 23.9 Å². The first-order chi connectivity index (χ1) is 19.7. The van der Waals surface area contributed by atoms with Crippen LogP contribution < -0.4 is 5.32 Å². The average Bonchev–Trinajstić information content (AvgIpc) is 2.98. The Bertz CT molecular complexity index is 1260. The summed E-state index contributed by atoms with van der Waals surface area (Å²) in [7, 11) is 0. The van der Waals surface area contributed by atoms with Gasteiger partial charge in [0.25, 0.3) is 5.91 Å². The topological polar surface area (TPSA) is 81.7 Å². The Morgan fingerprint density at radius 3 is 1.80 bits per heavy atom. The van der Waals surface area contributed by atoms with Crippen molar-refractivity contribution in [3.8, 4) is 0 Å². The van der Waals surface area contributed by atoms with Crippen molar-refractivity contribution in [1.82, 2.24) is 5.32 Å². The predicted molar refractivity (Wildman–Crippen MR) is 170 cm³/mol. The number of rotatable bonds is 16. The Morgan fingerprint density at radius 1 is 0.780 bits per heavy atom. The third-order valence-electron chi connectivity index (χ3n) is 5.96. The highest BCUT2D eigenvalue weighted by Crippen LogP contribution is 2.28. The molecule has 216 valence electrons. The number of carbonyl (C=O) groups excluding carboxylic acids is 3. The quantitative estimate of drug-likeness (QED) is 0.0592. The van der Waals surface area contributed by atoms with Crippen molar-refractivity contribution in [2.24, 2.45) is 5.92 Å². The zero-order valence-corrected chi connectivity index (χ0v) is 26.4. The molecule has 3 rings (SSSR count). The molecule has 41 heavy (non-hydrogen) atoms. The van der Waals surface area contributed by atoms with Crippen LogP contribution in [-0.2, 0) is 14.3 Å². The first-order valence-corrected chi connectivity index (χ1v) is 15.9. The number of nitrogens with one attached hydrogen (secondary N) is 1. The molecule has 0 unspecified atom stereocenters. The number of carbonyl (C=O) groups is 3. The minimum absolute atomic E-state index is 0.0637. The van der Waals surface area contributed by atoms with E-state index in [0.29, 0.717) is 29.2 Å². The molecule has 0 fully saturated rings. The summed E-state index contributed by atoms with van der Waals surface area (Å²) >= 11 is 6.32. The average molecular weight is 657 g/mol. The molecule has 0 aliphatic carbocycles. The highest BCUT2D eigenvalue weighted by atomic mass is 79.9. The first-order valence-electron chi connectivity index (χ1n) is 13.1. The Balaban J connectivity index is 1.53. The van der Waals surface area contributed by atoms with Crippen LogP contribution >= 0.6 is 39.5 Å². The van der Waals surface area contributed by atoms with E-state index < -0.39 is 5.97 Å². The lowest BCUT2D eigenvalue weighted by atomic mass is 9.99. The molecule has 0 saturated carbocycles. The van der Waals surface area contributed by atoms with Gasteiger partial charge >= 0.3 is 5.97 Å². The van der Waals surface area contributed by atoms with Crippen LogP contribution in [0.1, 0.15) is 31.8 Å². The van der Waals surface area contributed by atoms with Crippen molar-refractivity contribution >= 4 is 57.1 Å². The highest BCUT2D eigenvalue weighted by molar-refractivity contribution is 9.12. The van der Waals surface area contributed by atoms with Crippen LogP contribution in [0.5, 0.6) is 0 Å². The highest BCUT2D eigenvalue weighted by Gasteiger charge is 2.21. The summed E-state index contributed by atoms with van der Waals surface area (Å²) in [6.07, 6.45) is 0. The summed E-state index contributed by atoms with van der Waals surface area (Å²) in [5.74, 6) is 0.395. The molecule has 3 aromatic rings. The second-order valence-electron chi connectivity index (χ2n) is 9.30. The lowest BCUT2D eigenvalue weighted by Gasteiger charge is -2.16. The van der Waals surface area contributed by atoms with E-state index in [9.17, 15) is 14.4 Å². The maximum atomic E-state index is 13.6. The minimum atomic E-state index is -0.537. The lowest BCUT2D eigenvalue weighted by molar-refractivity contribution is -0.139. The van der Waals surface area contributed by atoms with E-state index in [4.69, 9.17) is 9.47 Å². The number of hydrogen-bond acceptors (Lipinski definition) is 7. The Hall–Kier alpha value is -2.85. The van der Waals surface area contributed by atoms with E-state index in [0.717, 1.165) is 9.79 Å². The summed E-state index contributed by atoms with van der Waals surface area (Å²) in [6.45, 7) is 8.43. The molecule has 6 nitrogen and oxygen atoms in total. The monoisotopic (exact) mass is 655 g/mol. The second kappa shape index (κ2) is 17.2. The number of esters is 1. The molecule has 1 amide bonds. The molecular formula is C32H34BrNO5S2. The van der Waals surface area contributed by atoms with E-state index >= 15 is 0 Å². The van der Waals surface area contributed by atoms with Crippen molar-refractivity contribution in [1.29, 1.82) is 0 Å². The van der Waals surface area contributed by atoms with E-state index in [2.05, 4.69) is 90.2 Å². The Kier molecular flexibility index (Phi) is 13.7. The van der Waals surface area contributed by atoms with Gasteiger partial charge in [-0.15, -0.1) is 23.5 Å². The molecule has 0 aliphatic rings. The molecule has 0 aliphatic heterocycles. The fraction of sp³-hybridized carbons (Fsp3) is 0.281. The van der Waals surface area contributed by atoms with Crippen LogP contribution in [0.2, 0.25) is 0 Å². The molecule has 0 radical (unpaired) electrons. The predicted octanol–water partition coefficient (Wildman–Crippen LogP) is 6.89. The van der Waals surface area contributed by atoms with Crippen LogP contribution in [0.3, 0.4) is 0 Å². The molecule has 0 bridgehead atoms. The van der Waals surface area contributed by atoms with Crippen LogP contribution in [0.4, 0.5) is 0 Å². The Labute approximate surface area is 258 Å². The normalized spacial score (nSPS) is 10.8. The molecule has 1 N–H and O–H groups in total. The molecule has 0 heterocycles. The summed E-state index contributed by atoms with van der Waals surface area (Å²) in [4.78, 5) is 39.7. The summed E-state index contributed by atoms with van der Waals surface area (Å²) < 4.78 is 10.4.